The van der Waals surface area contributed by atoms with Crippen LogP contribution in [0.25, 0.3) is 0 Å². The Morgan fingerprint density at radius 1 is 1.32 bits per heavy atom. The first-order valence-corrected chi connectivity index (χ1v) is 8.76. The van der Waals surface area contributed by atoms with Gasteiger partial charge in [-0.1, -0.05) is 6.07 Å². The van der Waals surface area contributed by atoms with Gasteiger partial charge in [-0.3, -0.25) is 9.69 Å². The topological polar surface area (TPSA) is 42.0 Å². The largest absolute Gasteiger partial charge is 0.377 e. The monoisotopic (exact) mass is 324 g/mol. The minimum Gasteiger partial charge on any atom is -0.377 e. The number of carbonyl (C=O) groups excluding carboxylic acids is 1. The summed E-state index contributed by atoms with van der Waals surface area (Å²) in [5.74, 6) is 0.109. The fraction of sp³-hybridized carbons (Fsp3) is 0.688. The Morgan fingerprint density at radius 3 is 2.91 bits per heavy atom. The third-order valence-electron chi connectivity index (χ3n) is 4.38. The fourth-order valence-electron chi connectivity index (χ4n) is 3.13. The summed E-state index contributed by atoms with van der Waals surface area (Å²) in [5.41, 5.74) is -0.397. The predicted octanol–water partition coefficient (Wildman–Crippen LogP) is 1.70. The second kappa shape index (κ2) is 6.66. The van der Waals surface area contributed by atoms with Crippen LogP contribution in [0.15, 0.2) is 17.5 Å². The number of carbonyl (C=O) groups is 1. The van der Waals surface area contributed by atoms with Crippen molar-refractivity contribution in [2.45, 2.75) is 25.5 Å². The van der Waals surface area contributed by atoms with Crippen molar-refractivity contribution in [2.75, 3.05) is 46.0 Å². The first-order chi connectivity index (χ1) is 10.6. The molecular weight excluding hydrogens is 300 g/mol. The molecule has 1 aromatic rings. The Hall–Kier alpha value is -0.950. The summed E-state index contributed by atoms with van der Waals surface area (Å²) < 4.78 is 11.9. The van der Waals surface area contributed by atoms with Crippen molar-refractivity contribution in [3.05, 3.63) is 22.4 Å². The Balaban J connectivity index is 1.74. The van der Waals surface area contributed by atoms with Crippen molar-refractivity contribution in [1.29, 1.82) is 0 Å². The van der Waals surface area contributed by atoms with Crippen LogP contribution in [0.5, 0.6) is 0 Å². The lowest BCUT2D eigenvalue weighted by atomic mass is 10.0. The van der Waals surface area contributed by atoms with Gasteiger partial charge in [-0.25, -0.2) is 0 Å². The zero-order valence-corrected chi connectivity index (χ0v) is 14.1. The first kappa shape index (κ1) is 15.9. The maximum atomic E-state index is 12.6. The highest BCUT2D eigenvalue weighted by Gasteiger charge is 2.42. The van der Waals surface area contributed by atoms with E-state index in [0.29, 0.717) is 32.3 Å². The zero-order chi connectivity index (χ0) is 15.6. The van der Waals surface area contributed by atoms with E-state index in [1.807, 2.05) is 22.4 Å². The maximum Gasteiger partial charge on any atom is 0.264 e. The highest BCUT2D eigenvalue weighted by molar-refractivity contribution is 7.12. The first-order valence-electron chi connectivity index (χ1n) is 7.88. The van der Waals surface area contributed by atoms with E-state index in [0.717, 1.165) is 24.6 Å². The molecule has 2 aliphatic rings. The van der Waals surface area contributed by atoms with Gasteiger partial charge in [0, 0.05) is 25.7 Å². The molecule has 0 radical (unpaired) electrons. The predicted molar refractivity (Wildman–Crippen MR) is 86.4 cm³/mol. The zero-order valence-electron chi connectivity index (χ0n) is 13.3. The normalized spacial score (nSPS) is 27.3. The second-order valence-electron chi connectivity index (χ2n) is 6.35. The van der Waals surface area contributed by atoms with Crippen LogP contribution in [0.4, 0.5) is 0 Å². The van der Waals surface area contributed by atoms with Gasteiger partial charge >= 0.3 is 0 Å². The van der Waals surface area contributed by atoms with Crippen LogP contribution in [-0.4, -0.2) is 73.3 Å². The molecule has 0 saturated carbocycles. The van der Waals surface area contributed by atoms with E-state index in [-0.39, 0.29) is 5.91 Å². The number of rotatable bonds is 2. The molecule has 122 valence electrons. The van der Waals surface area contributed by atoms with Crippen LogP contribution in [0, 0.1) is 0 Å². The highest BCUT2D eigenvalue weighted by Crippen LogP contribution is 2.25. The van der Waals surface area contributed by atoms with Crippen molar-refractivity contribution >= 4 is 17.2 Å². The number of thiophene rings is 1. The molecule has 1 spiro atoms. The van der Waals surface area contributed by atoms with Crippen molar-refractivity contribution < 1.29 is 14.3 Å². The van der Waals surface area contributed by atoms with Crippen molar-refractivity contribution in [3.8, 4) is 0 Å². The van der Waals surface area contributed by atoms with Crippen LogP contribution in [0.1, 0.15) is 23.5 Å². The molecule has 1 atom stereocenters. The lowest BCUT2D eigenvalue weighted by Crippen LogP contribution is -2.60. The molecule has 5 nitrogen and oxygen atoms in total. The Kier molecular flexibility index (Phi) is 4.82. The van der Waals surface area contributed by atoms with E-state index >= 15 is 0 Å². The van der Waals surface area contributed by atoms with Crippen molar-refractivity contribution in [2.24, 2.45) is 0 Å². The van der Waals surface area contributed by atoms with Gasteiger partial charge in [0.15, 0.2) is 0 Å². The van der Waals surface area contributed by atoms with E-state index in [9.17, 15) is 4.79 Å². The van der Waals surface area contributed by atoms with Crippen molar-refractivity contribution in [3.63, 3.8) is 0 Å². The van der Waals surface area contributed by atoms with E-state index in [4.69, 9.17) is 9.47 Å². The average molecular weight is 324 g/mol. The summed E-state index contributed by atoms with van der Waals surface area (Å²) in [6.07, 6.45) is 0. The molecule has 2 aliphatic heterocycles. The Bertz CT molecular complexity index is 505. The molecule has 0 aromatic carbocycles. The minimum atomic E-state index is -0.397. The van der Waals surface area contributed by atoms with Gasteiger partial charge in [0.1, 0.15) is 5.60 Å². The molecule has 3 heterocycles. The third-order valence-corrected chi connectivity index (χ3v) is 5.23. The fourth-order valence-corrected chi connectivity index (χ4v) is 3.82. The summed E-state index contributed by atoms with van der Waals surface area (Å²) in [5, 5.41) is 1.94. The lowest BCUT2D eigenvalue weighted by molar-refractivity contribution is -0.134. The van der Waals surface area contributed by atoms with Gasteiger partial charge in [0.25, 0.3) is 5.91 Å². The summed E-state index contributed by atoms with van der Waals surface area (Å²) in [4.78, 5) is 17.7. The molecule has 3 rings (SSSR count). The molecule has 2 fully saturated rings. The minimum absolute atomic E-state index is 0.109. The van der Waals surface area contributed by atoms with Crippen LogP contribution in [0.2, 0.25) is 0 Å². The van der Waals surface area contributed by atoms with E-state index in [1.54, 1.807) is 0 Å². The van der Waals surface area contributed by atoms with E-state index in [1.165, 1.54) is 11.3 Å². The van der Waals surface area contributed by atoms with Crippen LogP contribution < -0.4 is 0 Å². The van der Waals surface area contributed by atoms with E-state index in [2.05, 4.69) is 18.7 Å². The van der Waals surface area contributed by atoms with Crippen LogP contribution >= 0.6 is 11.3 Å². The Labute approximate surface area is 135 Å². The summed E-state index contributed by atoms with van der Waals surface area (Å²) in [6.45, 7) is 9.24. The van der Waals surface area contributed by atoms with Crippen LogP contribution in [-0.2, 0) is 9.47 Å². The van der Waals surface area contributed by atoms with Gasteiger partial charge in [-0.15, -0.1) is 11.3 Å². The van der Waals surface area contributed by atoms with Gasteiger partial charge in [0.05, 0.1) is 31.2 Å². The molecule has 1 amide bonds. The van der Waals surface area contributed by atoms with Gasteiger partial charge in [0.2, 0.25) is 0 Å². The molecule has 1 aromatic heterocycles. The standard InChI is InChI=1S/C16H24N2O3S/c1-13(2)17-5-7-20-12-16(10-17)11-18(6-8-21-16)15(19)14-4-3-9-22-14/h3-4,9,13H,5-8,10-12H2,1-2H3/t16-/m0/s1. The second-order valence-corrected chi connectivity index (χ2v) is 7.30. The molecule has 0 N–H and O–H groups in total. The smallest absolute Gasteiger partial charge is 0.264 e. The summed E-state index contributed by atoms with van der Waals surface area (Å²) in [6, 6.07) is 4.26. The molecule has 0 bridgehead atoms. The Morgan fingerprint density at radius 2 is 2.18 bits per heavy atom. The van der Waals surface area contributed by atoms with Crippen LogP contribution in [0.3, 0.4) is 0 Å². The average Bonchev–Trinajstić information content (AvgIpc) is 2.97. The summed E-state index contributed by atoms with van der Waals surface area (Å²) in [7, 11) is 0. The molecule has 0 aliphatic carbocycles. The van der Waals surface area contributed by atoms with E-state index < -0.39 is 5.60 Å². The number of amides is 1. The van der Waals surface area contributed by atoms with Gasteiger partial charge < -0.3 is 14.4 Å². The molecule has 2 saturated heterocycles. The quantitative estimate of drug-likeness (QED) is 0.830. The van der Waals surface area contributed by atoms with Crippen molar-refractivity contribution in [1.82, 2.24) is 9.80 Å². The third kappa shape index (κ3) is 3.35. The summed E-state index contributed by atoms with van der Waals surface area (Å²) >= 11 is 1.50. The number of ether oxygens (including phenoxy) is 2. The highest BCUT2D eigenvalue weighted by atomic mass is 32.1. The molecule has 22 heavy (non-hydrogen) atoms. The lowest BCUT2D eigenvalue weighted by Gasteiger charge is -2.44. The number of hydrogen-bond donors (Lipinski definition) is 0. The molecule has 0 unspecified atom stereocenters. The molecular formula is C16H24N2O3S. The number of hydrogen-bond acceptors (Lipinski definition) is 5. The SMILES string of the molecule is CC(C)N1CCOC[C@@]2(CN(C(=O)c3cccs3)CCO2)C1. The maximum absolute atomic E-state index is 12.6. The van der Waals surface area contributed by atoms with Gasteiger partial charge in [-0.2, -0.15) is 0 Å². The van der Waals surface area contributed by atoms with Gasteiger partial charge in [-0.05, 0) is 25.3 Å². The number of morpholine rings is 1. The number of nitrogens with zero attached hydrogens (tertiary/aromatic N) is 2. The molecule has 6 heteroatoms.